The van der Waals surface area contributed by atoms with E-state index in [1.165, 1.54) is 0 Å². The molecule has 0 amide bonds. The van der Waals surface area contributed by atoms with Gasteiger partial charge in [-0.3, -0.25) is 5.41 Å². The van der Waals surface area contributed by atoms with Gasteiger partial charge in [0.25, 0.3) is 0 Å². The van der Waals surface area contributed by atoms with Crippen molar-refractivity contribution in [2.45, 2.75) is 6.92 Å². The average molecular weight is 208 g/mol. The van der Waals surface area contributed by atoms with Crippen LogP contribution in [0.15, 0.2) is 18.2 Å². The van der Waals surface area contributed by atoms with E-state index < -0.39 is 0 Å². The molecule has 0 aliphatic heterocycles. The molecule has 0 saturated carbocycles. The molecule has 0 atom stereocenters. The van der Waals surface area contributed by atoms with Crippen LogP contribution in [0.5, 0.6) is 5.75 Å². The molecule has 0 spiro atoms. The van der Waals surface area contributed by atoms with E-state index in [1.807, 2.05) is 25.1 Å². The van der Waals surface area contributed by atoms with Gasteiger partial charge in [0.1, 0.15) is 18.2 Å². The number of hydrogen-bond acceptors (Lipinski definition) is 3. The zero-order valence-electron chi connectivity index (χ0n) is 9.04. The van der Waals surface area contributed by atoms with Crippen molar-refractivity contribution >= 4 is 5.84 Å². The maximum Gasteiger partial charge on any atom is 0.130 e. The minimum absolute atomic E-state index is 0.0196. The number of benzene rings is 1. The molecule has 1 rings (SSSR count). The van der Waals surface area contributed by atoms with Crippen LogP contribution in [0, 0.1) is 12.3 Å². The smallest absolute Gasteiger partial charge is 0.130 e. The summed E-state index contributed by atoms with van der Waals surface area (Å²) in [5.74, 6) is 0.649. The molecule has 15 heavy (non-hydrogen) atoms. The van der Waals surface area contributed by atoms with Crippen molar-refractivity contribution in [3.05, 3.63) is 29.3 Å². The maximum absolute atomic E-state index is 7.42. The minimum atomic E-state index is 0.0196. The molecule has 0 unspecified atom stereocenters. The first kappa shape index (κ1) is 11.5. The summed E-state index contributed by atoms with van der Waals surface area (Å²) < 4.78 is 10.3. The van der Waals surface area contributed by atoms with Gasteiger partial charge in [-0.1, -0.05) is 11.6 Å². The Hall–Kier alpha value is -1.55. The second kappa shape index (κ2) is 5.36. The number of nitrogen functional groups attached to an aromatic ring is 1. The van der Waals surface area contributed by atoms with Gasteiger partial charge in [-0.15, -0.1) is 0 Å². The Balaban J connectivity index is 2.81. The highest BCUT2D eigenvalue weighted by Gasteiger charge is 2.06. The molecular weight excluding hydrogens is 192 g/mol. The topological polar surface area (TPSA) is 68.3 Å². The summed E-state index contributed by atoms with van der Waals surface area (Å²) in [5, 5.41) is 7.42. The van der Waals surface area contributed by atoms with Crippen molar-refractivity contribution < 1.29 is 9.47 Å². The summed E-state index contributed by atoms with van der Waals surface area (Å²) in [5.41, 5.74) is 7.15. The van der Waals surface area contributed by atoms with E-state index in [1.54, 1.807) is 7.11 Å². The molecule has 1 aromatic carbocycles. The SMILES string of the molecule is COCCOc1ccc(C)cc1C(=N)N. The number of amidine groups is 1. The third kappa shape index (κ3) is 3.25. The molecule has 0 bridgehead atoms. The van der Waals surface area contributed by atoms with Crippen molar-refractivity contribution in [2.75, 3.05) is 20.3 Å². The molecule has 0 aliphatic rings. The van der Waals surface area contributed by atoms with Crippen molar-refractivity contribution in [2.24, 2.45) is 5.73 Å². The van der Waals surface area contributed by atoms with Gasteiger partial charge in [0.15, 0.2) is 0 Å². The van der Waals surface area contributed by atoms with Crippen molar-refractivity contribution in [1.29, 1.82) is 5.41 Å². The molecule has 4 nitrogen and oxygen atoms in total. The molecule has 0 aromatic heterocycles. The second-order valence-electron chi connectivity index (χ2n) is 3.25. The fourth-order valence-electron chi connectivity index (χ4n) is 1.22. The molecule has 4 heteroatoms. The lowest BCUT2D eigenvalue weighted by atomic mass is 10.1. The number of aryl methyl sites for hydroxylation is 1. The third-order valence-corrected chi connectivity index (χ3v) is 1.97. The molecular formula is C11H16N2O2. The Morgan fingerprint density at radius 3 is 2.73 bits per heavy atom. The first-order valence-electron chi connectivity index (χ1n) is 4.72. The lowest BCUT2D eigenvalue weighted by Crippen LogP contribution is -2.14. The summed E-state index contributed by atoms with van der Waals surface area (Å²) >= 11 is 0. The summed E-state index contributed by atoms with van der Waals surface area (Å²) in [6.07, 6.45) is 0. The van der Waals surface area contributed by atoms with E-state index in [9.17, 15) is 0 Å². The molecule has 3 N–H and O–H groups in total. The van der Waals surface area contributed by atoms with Crippen LogP contribution in [-0.4, -0.2) is 26.2 Å². The van der Waals surface area contributed by atoms with Crippen LogP contribution in [0.4, 0.5) is 0 Å². The van der Waals surface area contributed by atoms with Crippen LogP contribution in [0.2, 0.25) is 0 Å². The first-order valence-corrected chi connectivity index (χ1v) is 4.72. The van der Waals surface area contributed by atoms with Gasteiger partial charge in [-0.05, 0) is 19.1 Å². The summed E-state index contributed by atoms with van der Waals surface area (Å²) in [6, 6.07) is 5.58. The Morgan fingerprint density at radius 2 is 2.13 bits per heavy atom. The monoisotopic (exact) mass is 208 g/mol. The van der Waals surface area contributed by atoms with Gasteiger partial charge in [0.2, 0.25) is 0 Å². The quantitative estimate of drug-likeness (QED) is 0.435. The van der Waals surface area contributed by atoms with E-state index in [2.05, 4.69) is 0 Å². The highest BCUT2D eigenvalue weighted by Crippen LogP contribution is 2.19. The lowest BCUT2D eigenvalue weighted by molar-refractivity contribution is 0.146. The average Bonchev–Trinajstić information content (AvgIpc) is 2.20. The minimum Gasteiger partial charge on any atom is -0.490 e. The molecule has 1 aromatic rings. The van der Waals surface area contributed by atoms with E-state index in [0.717, 1.165) is 5.56 Å². The van der Waals surface area contributed by atoms with Crippen LogP contribution in [0.3, 0.4) is 0 Å². The highest BCUT2D eigenvalue weighted by molar-refractivity contribution is 5.97. The van der Waals surface area contributed by atoms with Gasteiger partial charge in [-0.2, -0.15) is 0 Å². The van der Waals surface area contributed by atoms with E-state index >= 15 is 0 Å². The number of hydrogen-bond donors (Lipinski definition) is 2. The Morgan fingerprint density at radius 1 is 1.40 bits per heavy atom. The Bertz CT molecular complexity index is 350. The molecule has 82 valence electrons. The zero-order valence-corrected chi connectivity index (χ0v) is 9.04. The normalized spacial score (nSPS) is 10.0. The third-order valence-electron chi connectivity index (χ3n) is 1.97. The lowest BCUT2D eigenvalue weighted by Gasteiger charge is -2.10. The maximum atomic E-state index is 7.42. The van der Waals surface area contributed by atoms with E-state index in [-0.39, 0.29) is 5.84 Å². The largest absolute Gasteiger partial charge is 0.490 e. The van der Waals surface area contributed by atoms with Crippen molar-refractivity contribution in [3.63, 3.8) is 0 Å². The summed E-state index contributed by atoms with van der Waals surface area (Å²) in [4.78, 5) is 0. The zero-order chi connectivity index (χ0) is 11.3. The number of nitrogens with two attached hydrogens (primary N) is 1. The van der Waals surface area contributed by atoms with Crippen LogP contribution in [0.1, 0.15) is 11.1 Å². The fourth-order valence-corrected chi connectivity index (χ4v) is 1.22. The summed E-state index contributed by atoms with van der Waals surface area (Å²) in [7, 11) is 1.62. The van der Waals surface area contributed by atoms with Crippen LogP contribution < -0.4 is 10.5 Å². The molecule has 0 saturated heterocycles. The first-order chi connectivity index (χ1) is 7.15. The highest BCUT2D eigenvalue weighted by atomic mass is 16.5. The van der Waals surface area contributed by atoms with Crippen molar-refractivity contribution in [1.82, 2.24) is 0 Å². The van der Waals surface area contributed by atoms with Gasteiger partial charge < -0.3 is 15.2 Å². The molecule has 0 heterocycles. The number of nitrogens with one attached hydrogen (secondary N) is 1. The fraction of sp³-hybridized carbons (Fsp3) is 0.364. The van der Waals surface area contributed by atoms with Gasteiger partial charge in [-0.25, -0.2) is 0 Å². The number of rotatable bonds is 5. The van der Waals surface area contributed by atoms with Crippen LogP contribution in [0.25, 0.3) is 0 Å². The molecule has 0 aliphatic carbocycles. The Kier molecular flexibility index (Phi) is 4.12. The van der Waals surface area contributed by atoms with Crippen LogP contribution in [-0.2, 0) is 4.74 Å². The molecule has 0 fully saturated rings. The number of methoxy groups -OCH3 is 1. The standard InChI is InChI=1S/C11H16N2O2/c1-8-3-4-10(15-6-5-14-2)9(7-8)11(12)13/h3-4,7H,5-6H2,1-2H3,(H3,12,13). The predicted molar refractivity (Wildman–Crippen MR) is 59.6 cm³/mol. The van der Waals surface area contributed by atoms with Gasteiger partial charge >= 0.3 is 0 Å². The van der Waals surface area contributed by atoms with E-state index in [4.69, 9.17) is 20.6 Å². The van der Waals surface area contributed by atoms with Gasteiger partial charge in [0.05, 0.1) is 12.2 Å². The van der Waals surface area contributed by atoms with E-state index in [0.29, 0.717) is 24.5 Å². The molecule has 0 radical (unpaired) electrons. The number of ether oxygens (including phenoxy) is 2. The Labute approximate surface area is 89.5 Å². The predicted octanol–water partition coefficient (Wildman–Crippen LogP) is 1.30. The van der Waals surface area contributed by atoms with Crippen molar-refractivity contribution in [3.8, 4) is 5.75 Å². The second-order valence-corrected chi connectivity index (χ2v) is 3.25. The van der Waals surface area contributed by atoms with Gasteiger partial charge in [0, 0.05) is 7.11 Å². The summed E-state index contributed by atoms with van der Waals surface area (Å²) in [6.45, 7) is 2.93. The van der Waals surface area contributed by atoms with Crippen LogP contribution >= 0.6 is 0 Å².